The van der Waals surface area contributed by atoms with Crippen molar-refractivity contribution in [1.29, 1.82) is 0 Å². The van der Waals surface area contributed by atoms with Gasteiger partial charge in [0.25, 0.3) is 0 Å². The van der Waals surface area contributed by atoms with Crippen molar-refractivity contribution in [2.75, 3.05) is 30.0 Å². The minimum absolute atomic E-state index is 0.0372. The zero-order valence-corrected chi connectivity index (χ0v) is 15.9. The first-order valence-corrected chi connectivity index (χ1v) is 9.28. The average molecular weight is 386 g/mol. The Morgan fingerprint density at radius 2 is 1.86 bits per heavy atom. The van der Waals surface area contributed by atoms with E-state index < -0.39 is 11.7 Å². The smallest absolute Gasteiger partial charge is 0.229 e. The molecular weight excluding hydrogens is 363 g/mol. The molecule has 2 aromatic rings. The molecule has 0 aromatic heterocycles. The highest BCUT2D eigenvalue weighted by Crippen LogP contribution is 2.32. The van der Waals surface area contributed by atoms with Gasteiger partial charge >= 0.3 is 0 Å². The molecule has 0 spiro atoms. The number of rotatable bonds is 7. The number of carbonyl (C=O) groups excluding carboxylic acids is 2. The molecule has 0 bridgehead atoms. The molecule has 3 rings (SSSR count). The van der Waals surface area contributed by atoms with Crippen LogP contribution in [-0.2, 0) is 9.59 Å². The van der Waals surface area contributed by atoms with Crippen LogP contribution in [-0.4, -0.2) is 31.6 Å². The standard InChI is InChI=1S/C21H23FN2O4/c1-3-27-18-10-9-15(12-19(18)28-4-2)23-21(26)14-11-20(25)24(13-14)17-8-6-5-7-16(17)22/h5-10,12,14H,3-4,11,13H2,1-2H3,(H,23,26). The summed E-state index contributed by atoms with van der Waals surface area (Å²) < 4.78 is 25.1. The lowest BCUT2D eigenvalue weighted by Gasteiger charge is -2.17. The van der Waals surface area contributed by atoms with Crippen molar-refractivity contribution >= 4 is 23.2 Å². The van der Waals surface area contributed by atoms with E-state index in [0.717, 1.165) is 0 Å². The summed E-state index contributed by atoms with van der Waals surface area (Å²) in [5, 5.41) is 2.81. The fraction of sp³-hybridized carbons (Fsp3) is 0.333. The average Bonchev–Trinajstić information content (AvgIpc) is 3.06. The number of hydrogen-bond donors (Lipinski definition) is 1. The number of hydrogen-bond acceptors (Lipinski definition) is 4. The van der Waals surface area contributed by atoms with Gasteiger partial charge in [-0.05, 0) is 38.1 Å². The second-order valence-electron chi connectivity index (χ2n) is 6.37. The Hall–Kier alpha value is -3.09. The maximum atomic E-state index is 14.0. The van der Waals surface area contributed by atoms with Gasteiger partial charge < -0.3 is 19.7 Å². The Morgan fingerprint density at radius 3 is 2.57 bits per heavy atom. The predicted octanol–water partition coefficient (Wildman–Crippen LogP) is 3.61. The number of amides is 2. The Bertz CT molecular complexity index is 871. The quantitative estimate of drug-likeness (QED) is 0.789. The molecule has 1 saturated heterocycles. The van der Waals surface area contributed by atoms with Crippen LogP contribution in [0, 0.1) is 11.7 Å². The van der Waals surface area contributed by atoms with Crippen molar-refractivity contribution < 1.29 is 23.5 Å². The van der Waals surface area contributed by atoms with E-state index in [-0.39, 0.29) is 30.5 Å². The summed E-state index contributed by atoms with van der Waals surface area (Å²) in [4.78, 5) is 26.3. The molecule has 1 aliphatic heterocycles. The summed E-state index contributed by atoms with van der Waals surface area (Å²) in [5.41, 5.74) is 0.746. The van der Waals surface area contributed by atoms with Gasteiger partial charge in [0, 0.05) is 24.7 Å². The van der Waals surface area contributed by atoms with Crippen molar-refractivity contribution in [3.63, 3.8) is 0 Å². The van der Waals surface area contributed by atoms with E-state index in [4.69, 9.17) is 9.47 Å². The number of nitrogens with one attached hydrogen (secondary N) is 1. The van der Waals surface area contributed by atoms with Crippen LogP contribution in [0.4, 0.5) is 15.8 Å². The third-order valence-electron chi connectivity index (χ3n) is 4.45. The SMILES string of the molecule is CCOc1ccc(NC(=O)C2CC(=O)N(c3ccccc3F)C2)cc1OCC. The number of ether oxygens (including phenoxy) is 2. The molecule has 148 valence electrons. The molecule has 6 nitrogen and oxygen atoms in total. The molecule has 1 fully saturated rings. The summed E-state index contributed by atoms with van der Waals surface area (Å²) in [6.07, 6.45) is 0.0372. The molecule has 28 heavy (non-hydrogen) atoms. The highest BCUT2D eigenvalue weighted by molar-refractivity contribution is 6.03. The number of anilines is 2. The molecular formula is C21H23FN2O4. The highest BCUT2D eigenvalue weighted by Gasteiger charge is 2.36. The van der Waals surface area contributed by atoms with E-state index >= 15 is 0 Å². The largest absolute Gasteiger partial charge is 0.490 e. The first-order valence-electron chi connectivity index (χ1n) is 9.28. The molecule has 0 radical (unpaired) electrons. The van der Waals surface area contributed by atoms with E-state index in [2.05, 4.69) is 5.32 Å². The second kappa shape index (κ2) is 8.73. The zero-order chi connectivity index (χ0) is 20.1. The van der Waals surface area contributed by atoms with Crippen LogP contribution >= 0.6 is 0 Å². The maximum Gasteiger partial charge on any atom is 0.229 e. The van der Waals surface area contributed by atoms with Gasteiger partial charge in [0.1, 0.15) is 5.82 Å². The Morgan fingerprint density at radius 1 is 1.14 bits per heavy atom. The van der Waals surface area contributed by atoms with Gasteiger partial charge in [-0.1, -0.05) is 12.1 Å². The van der Waals surface area contributed by atoms with Gasteiger partial charge in [0.15, 0.2) is 11.5 Å². The van der Waals surface area contributed by atoms with E-state index in [1.807, 2.05) is 13.8 Å². The highest BCUT2D eigenvalue weighted by atomic mass is 19.1. The van der Waals surface area contributed by atoms with Gasteiger partial charge in [0.2, 0.25) is 11.8 Å². The molecule has 1 N–H and O–H groups in total. The van der Waals surface area contributed by atoms with Crippen molar-refractivity contribution in [1.82, 2.24) is 0 Å². The van der Waals surface area contributed by atoms with Crippen LogP contribution in [0.1, 0.15) is 20.3 Å². The van der Waals surface area contributed by atoms with Gasteiger partial charge in [-0.3, -0.25) is 9.59 Å². The lowest BCUT2D eigenvalue weighted by Crippen LogP contribution is -2.28. The molecule has 2 amide bonds. The first kappa shape index (κ1) is 19.7. The number of nitrogens with zero attached hydrogens (tertiary/aromatic N) is 1. The summed E-state index contributed by atoms with van der Waals surface area (Å²) in [6, 6.07) is 11.2. The fourth-order valence-electron chi connectivity index (χ4n) is 3.16. The summed E-state index contributed by atoms with van der Waals surface area (Å²) in [6.45, 7) is 4.85. The first-order chi connectivity index (χ1) is 13.5. The van der Waals surface area contributed by atoms with Crippen molar-refractivity contribution in [3.05, 3.63) is 48.3 Å². The van der Waals surface area contributed by atoms with Crippen LogP contribution in [0.25, 0.3) is 0 Å². The van der Waals surface area contributed by atoms with Crippen molar-refractivity contribution in [2.45, 2.75) is 20.3 Å². The molecule has 1 aliphatic rings. The van der Waals surface area contributed by atoms with Crippen molar-refractivity contribution in [2.24, 2.45) is 5.92 Å². The fourth-order valence-corrected chi connectivity index (χ4v) is 3.16. The number of para-hydroxylation sites is 1. The second-order valence-corrected chi connectivity index (χ2v) is 6.37. The molecule has 7 heteroatoms. The minimum atomic E-state index is -0.561. The monoisotopic (exact) mass is 386 g/mol. The van der Waals surface area contributed by atoms with Crippen molar-refractivity contribution in [3.8, 4) is 11.5 Å². The molecule has 0 aliphatic carbocycles. The van der Waals surface area contributed by atoms with Gasteiger partial charge in [-0.25, -0.2) is 4.39 Å². The molecule has 1 atom stereocenters. The lowest BCUT2D eigenvalue weighted by atomic mass is 10.1. The minimum Gasteiger partial charge on any atom is -0.490 e. The number of benzene rings is 2. The van der Waals surface area contributed by atoms with Crippen LogP contribution in [0.5, 0.6) is 11.5 Å². The van der Waals surface area contributed by atoms with E-state index in [1.165, 1.54) is 17.0 Å². The molecule has 1 unspecified atom stereocenters. The predicted molar refractivity (Wildman–Crippen MR) is 104 cm³/mol. The summed E-state index contributed by atoms with van der Waals surface area (Å²) in [7, 11) is 0. The Labute approximate surface area is 163 Å². The third kappa shape index (κ3) is 4.24. The maximum absolute atomic E-state index is 14.0. The molecule has 2 aromatic carbocycles. The summed E-state index contributed by atoms with van der Waals surface area (Å²) in [5.74, 6) is -0.466. The van der Waals surface area contributed by atoms with Gasteiger partial charge in [0.05, 0.1) is 24.8 Å². The lowest BCUT2D eigenvalue weighted by molar-refractivity contribution is -0.122. The Balaban J connectivity index is 1.71. The summed E-state index contributed by atoms with van der Waals surface area (Å²) >= 11 is 0. The third-order valence-corrected chi connectivity index (χ3v) is 4.45. The van der Waals surface area contributed by atoms with Crippen LogP contribution in [0.3, 0.4) is 0 Å². The van der Waals surface area contributed by atoms with Crippen LogP contribution in [0.15, 0.2) is 42.5 Å². The van der Waals surface area contributed by atoms with Crippen LogP contribution < -0.4 is 19.7 Å². The van der Waals surface area contributed by atoms with Gasteiger partial charge in [-0.15, -0.1) is 0 Å². The molecule has 0 saturated carbocycles. The number of halogens is 1. The molecule has 1 heterocycles. The topological polar surface area (TPSA) is 67.9 Å². The van der Waals surface area contributed by atoms with Gasteiger partial charge in [-0.2, -0.15) is 0 Å². The zero-order valence-electron chi connectivity index (χ0n) is 15.9. The van der Waals surface area contributed by atoms with Crippen LogP contribution in [0.2, 0.25) is 0 Å². The normalized spacial score (nSPS) is 16.2. The van der Waals surface area contributed by atoms with E-state index in [0.29, 0.717) is 30.4 Å². The number of carbonyl (C=O) groups is 2. The van der Waals surface area contributed by atoms with E-state index in [9.17, 15) is 14.0 Å². The van der Waals surface area contributed by atoms with E-state index in [1.54, 1.807) is 30.3 Å². The Kier molecular flexibility index (Phi) is 6.13.